The lowest BCUT2D eigenvalue weighted by Gasteiger charge is -2.40. The highest BCUT2D eigenvalue weighted by atomic mass is 16.5. The summed E-state index contributed by atoms with van der Waals surface area (Å²) in [6.45, 7) is 19.9. The molecule has 1 aliphatic heterocycles. The summed E-state index contributed by atoms with van der Waals surface area (Å²) in [5.74, 6) is 0. The average Bonchev–Trinajstić information content (AvgIpc) is 2.22. The number of rotatable bonds is 0. The predicted octanol–water partition coefficient (Wildman–Crippen LogP) is 2.61. The molecule has 18 heavy (non-hydrogen) atoms. The van der Waals surface area contributed by atoms with E-state index in [2.05, 4.69) is 51.3 Å². The van der Waals surface area contributed by atoms with Gasteiger partial charge in [-0.2, -0.15) is 0 Å². The molecule has 0 spiro atoms. The Morgan fingerprint density at radius 1 is 0.667 bits per heavy atom. The largest absolute Gasteiger partial charge is 0.379 e. The monoisotopic (exact) mass is 256 g/mol. The summed E-state index contributed by atoms with van der Waals surface area (Å²) in [6.07, 6.45) is 1.24. The molecule has 0 aromatic carbocycles. The third-order valence-corrected chi connectivity index (χ3v) is 3.76. The fraction of sp³-hybridized carbons (Fsp3) is 1.00. The van der Waals surface area contributed by atoms with Crippen LogP contribution >= 0.6 is 0 Å². The third kappa shape index (κ3) is 5.25. The van der Waals surface area contributed by atoms with Crippen molar-refractivity contribution >= 4 is 0 Å². The van der Waals surface area contributed by atoms with Gasteiger partial charge in [0.05, 0.1) is 13.2 Å². The second-order valence-electron chi connectivity index (χ2n) is 7.28. The molecule has 1 fully saturated rings. The van der Waals surface area contributed by atoms with Crippen LogP contribution in [0.4, 0.5) is 0 Å². The van der Waals surface area contributed by atoms with Crippen LogP contribution in [0.25, 0.3) is 0 Å². The molecule has 0 unspecified atom stereocenters. The van der Waals surface area contributed by atoms with E-state index < -0.39 is 0 Å². The van der Waals surface area contributed by atoms with Crippen LogP contribution in [0.3, 0.4) is 0 Å². The van der Waals surface area contributed by atoms with Gasteiger partial charge in [0.15, 0.2) is 0 Å². The van der Waals surface area contributed by atoms with E-state index in [1.165, 1.54) is 19.5 Å². The minimum absolute atomic E-state index is 0.245. The van der Waals surface area contributed by atoms with E-state index in [4.69, 9.17) is 4.74 Å². The van der Waals surface area contributed by atoms with Gasteiger partial charge in [-0.05, 0) is 61.1 Å². The van der Waals surface area contributed by atoms with Crippen LogP contribution in [-0.2, 0) is 4.74 Å². The van der Waals surface area contributed by atoms with Crippen molar-refractivity contribution in [2.75, 3.05) is 39.4 Å². The van der Waals surface area contributed by atoms with Crippen LogP contribution in [0.5, 0.6) is 0 Å². The molecule has 0 bridgehead atoms. The molecule has 0 aliphatic carbocycles. The Morgan fingerprint density at radius 2 is 1.06 bits per heavy atom. The maximum Gasteiger partial charge on any atom is 0.0594 e. The summed E-state index contributed by atoms with van der Waals surface area (Å²) in [4.78, 5) is 5.08. The van der Waals surface area contributed by atoms with Crippen LogP contribution in [-0.4, -0.2) is 60.3 Å². The van der Waals surface area contributed by atoms with Crippen molar-refractivity contribution in [1.82, 2.24) is 9.80 Å². The Hall–Kier alpha value is -0.120. The molecule has 0 atom stereocenters. The first kappa shape index (κ1) is 15.9. The number of hydrogen-bond donors (Lipinski definition) is 0. The van der Waals surface area contributed by atoms with Gasteiger partial charge in [0, 0.05) is 24.2 Å². The number of ether oxygens (including phenoxy) is 1. The molecule has 0 N–H and O–H groups in total. The summed E-state index contributed by atoms with van der Waals surface area (Å²) < 4.78 is 5.78. The van der Waals surface area contributed by atoms with Gasteiger partial charge in [0.2, 0.25) is 0 Å². The van der Waals surface area contributed by atoms with E-state index in [-0.39, 0.29) is 11.1 Å². The standard InChI is InChI=1S/C15H32N2O/c1-14(2,3)16-8-7-9-17(15(4,5)6)11-13-18-12-10-16/h7-13H2,1-6H3. The average molecular weight is 256 g/mol. The van der Waals surface area contributed by atoms with E-state index in [0.717, 1.165) is 26.3 Å². The number of nitrogens with zero attached hydrogens (tertiary/aromatic N) is 2. The van der Waals surface area contributed by atoms with Crippen molar-refractivity contribution in [2.24, 2.45) is 0 Å². The first-order chi connectivity index (χ1) is 8.21. The zero-order valence-electron chi connectivity index (χ0n) is 13.3. The van der Waals surface area contributed by atoms with E-state index in [1.807, 2.05) is 0 Å². The fourth-order valence-corrected chi connectivity index (χ4v) is 2.47. The molecule has 1 saturated heterocycles. The quantitative estimate of drug-likeness (QED) is 0.662. The molecule has 3 nitrogen and oxygen atoms in total. The third-order valence-electron chi connectivity index (χ3n) is 3.76. The van der Waals surface area contributed by atoms with Gasteiger partial charge in [-0.15, -0.1) is 0 Å². The van der Waals surface area contributed by atoms with Gasteiger partial charge in [-0.3, -0.25) is 9.80 Å². The zero-order chi connectivity index (χ0) is 13.8. The summed E-state index contributed by atoms with van der Waals surface area (Å²) in [6, 6.07) is 0. The predicted molar refractivity (Wildman–Crippen MR) is 78.1 cm³/mol. The van der Waals surface area contributed by atoms with Crippen molar-refractivity contribution in [3.05, 3.63) is 0 Å². The smallest absolute Gasteiger partial charge is 0.0594 e. The van der Waals surface area contributed by atoms with Crippen LogP contribution in [0, 0.1) is 0 Å². The molecule has 1 heterocycles. The highest BCUT2D eigenvalue weighted by Gasteiger charge is 2.24. The molecule has 3 heteroatoms. The maximum atomic E-state index is 5.78. The van der Waals surface area contributed by atoms with Crippen LogP contribution in [0.15, 0.2) is 0 Å². The molecular formula is C15H32N2O. The Kier molecular flexibility index (Phi) is 5.63. The lowest BCUT2D eigenvalue weighted by atomic mass is 10.0. The summed E-state index contributed by atoms with van der Waals surface area (Å²) in [5, 5.41) is 0. The van der Waals surface area contributed by atoms with E-state index in [0.29, 0.717) is 0 Å². The first-order valence-corrected chi connectivity index (χ1v) is 7.29. The highest BCUT2D eigenvalue weighted by molar-refractivity contribution is 4.80. The van der Waals surface area contributed by atoms with Gasteiger partial charge in [-0.25, -0.2) is 0 Å². The lowest BCUT2D eigenvalue weighted by molar-refractivity contribution is 0.0199. The molecule has 0 radical (unpaired) electrons. The van der Waals surface area contributed by atoms with Crippen LogP contribution < -0.4 is 0 Å². The normalized spacial score (nSPS) is 23.0. The lowest BCUT2D eigenvalue weighted by Crippen LogP contribution is -2.48. The fourth-order valence-electron chi connectivity index (χ4n) is 2.47. The second-order valence-corrected chi connectivity index (χ2v) is 7.28. The molecule has 0 saturated carbocycles. The maximum absolute atomic E-state index is 5.78. The van der Waals surface area contributed by atoms with Crippen molar-refractivity contribution in [3.8, 4) is 0 Å². The minimum Gasteiger partial charge on any atom is -0.379 e. The van der Waals surface area contributed by atoms with Crippen molar-refractivity contribution < 1.29 is 4.74 Å². The second kappa shape index (κ2) is 6.36. The van der Waals surface area contributed by atoms with Crippen molar-refractivity contribution in [2.45, 2.75) is 59.0 Å². The van der Waals surface area contributed by atoms with E-state index in [1.54, 1.807) is 0 Å². The van der Waals surface area contributed by atoms with Crippen LogP contribution in [0.2, 0.25) is 0 Å². The molecule has 108 valence electrons. The van der Waals surface area contributed by atoms with Gasteiger partial charge in [0.25, 0.3) is 0 Å². The molecule has 1 rings (SSSR count). The summed E-state index contributed by atoms with van der Waals surface area (Å²) in [7, 11) is 0. The van der Waals surface area contributed by atoms with Gasteiger partial charge < -0.3 is 4.74 Å². The molecule has 0 aromatic rings. The number of hydrogen-bond acceptors (Lipinski definition) is 3. The first-order valence-electron chi connectivity index (χ1n) is 7.29. The van der Waals surface area contributed by atoms with E-state index >= 15 is 0 Å². The zero-order valence-corrected chi connectivity index (χ0v) is 13.3. The van der Waals surface area contributed by atoms with Crippen molar-refractivity contribution in [3.63, 3.8) is 0 Å². The summed E-state index contributed by atoms with van der Waals surface area (Å²) >= 11 is 0. The molecule has 0 amide bonds. The van der Waals surface area contributed by atoms with E-state index in [9.17, 15) is 0 Å². The highest BCUT2D eigenvalue weighted by Crippen LogP contribution is 2.17. The van der Waals surface area contributed by atoms with Gasteiger partial charge >= 0.3 is 0 Å². The van der Waals surface area contributed by atoms with Gasteiger partial charge in [0.1, 0.15) is 0 Å². The Bertz CT molecular complexity index is 216. The Balaban J connectivity index is 2.58. The topological polar surface area (TPSA) is 15.7 Å². The molecule has 0 aromatic heterocycles. The van der Waals surface area contributed by atoms with Crippen LogP contribution in [0.1, 0.15) is 48.0 Å². The summed E-state index contributed by atoms with van der Waals surface area (Å²) in [5.41, 5.74) is 0.490. The van der Waals surface area contributed by atoms with Gasteiger partial charge in [-0.1, -0.05) is 0 Å². The minimum atomic E-state index is 0.245. The SMILES string of the molecule is CC(C)(C)N1CCCN(C(C)(C)C)CCOCC1. The Labute approximate surface area is 113 Å². The molecule has 1 aliphatic rings. The molecular weight excluding hydrogens is 224 g/mol. The Morgan fingerprint density at radius 3 is 1.39 bits per heavy atom. The van der Waals surface area contributed by atoms with Crippen molar-refractivity contribution in [1.29, 1.82) is 0 Å².